The van der Waals surface area contributed by atoms with Crippen LogP contribution in [0.5, 0.6) is 46.0 Å². The van der Waals surface area contributed by atoms with Crippen molar-refractivity contribution < 1.29 is 52.2 Å². The molecule has 0 saturated carbocycles. The average molecular weight is 1840 g/mol. The fraction of sp³-hybridized carbons (Fsp3) is 0.339. The Kier molecular flexibility index (Phi) is 33.7. The lowest BCUT2D eigenvalue weighted by molar-refractivity contribution is 0.0177. The first-order valence-electron chi connectivity index (χ1n) is 45.5. The van der Waals surface area contributed by atoms with E-state index >= 15 is 0 Å². The summed E-state index contributed by atoms with van der Waals surface area (Å²) >= 11 is 3.36. The molecular formula is C109H123BrN6O11P2. The first-order valence-corrected chi connectivity index (χ1v) is 49.0. The number of fused-ring (bicyclic) bond motifs is 2. The SMILES string of the molecule is CC(C)(C)OC(=O)N1CCC[C@H]1COc1cncc(Br)c1.CC(C)(C)OC(=O)N1CCC[C@H]1COc1cncc(N2CCC(CCOc3ccc(OCc4ccccc4)cc3)CC2)c1.CC1(C)c2cccc(P(c3ccccc3)c3ccccc3)c2Oc2c(P(c3ccccc3)c3ccccc3)cccc21.c1ccc(COc2ccc(OCCC3CCNCC3)cc2)cc1. The Morgan fingerprint density at radius 3 is 1.19 bits per heavy atom. The van der Waals surface area contributed by atoms with E-state index in [0.29, 0.717) is 51.2 Å². The zero-order chi connectivity index (χ0) is 89.8. The molecule has 2 atom stereocenters. The van der Waals surface area contributed by atoms with Crippen LogP contribution in [0.15, 0.2) is 308 Å². The van der Waals surface area contributed by atoms with Crippen molar-refractivity contribution in [2.75, 3.05) is 70.6 Å². The van der Waals surface area contributed by atoms with Crippen molar-refractivity contribution in [3.8, 4) is 46.0 Å². The molecule has 5 aliphatic heterocycles. The number of nitrogens with zero attached hydrogens (tertiary/aromatic N) is 5. The highest BCUT2D eigenvalue weighted by atomic mass is 79.9. The number of para-hydroxylation sites is 2. The van der Waals surface area contributed by atoms with Crippen LogP contribution in [-0.2, 0) is 28.1 Å². The van der Waals surface area contributed by atoms with Crippen molar-refractivity contribution in [2.24, 2.45) is 11.8 Å². The van der Waals surface area contributed by atoms with Gasteiger partial charge in [-0.1, -0.05) is 232 Å². The van der Waals surface area contributed by atoms with E-state index in [1.807, 2.05) is 139 Å². The number of ether oxygens (including phenoxy) is 9. The Balaban J connectivity index is 0.000000146. The standard InChI is InChI=1S/C39H32OP2.C35H45N3O5.C20H25NO2.C15H21BrN2O3/c1-39(2)33-25-15-27-35(41(29-17-7-3-8-18-29)30-19-9-4-10-20-30)37(33)40-38-34(39)26-16-28-36(38)42(31-21-11-5-12-22-31)32-23-13-6-14-24-32;1-35(2,3)43-34(39)38-18-7-10-29(38)26-42-33-22-30(23-36-24-33)37-19-15-27(16-20-37)17-21-40-31-11-13-32(14-12-31)41-25-28-8-5-4-6-9-28;1-2-4-18(5-3-1)16-23-20-8-6-19(7-9-20)22-15-12-17-10-13-21-14-11-17;1-15(2,3)21-14(19)18-6-4-5-12(18)10-20-13-7-11(16)8-17-9-13/h3-28H,1-2H3;4-6,8-9,11-14,22-24,27,29H,7,10,15-21,25-26H2,1-3H3;1-9,17,21H,10-16H2;7-9,12H,4-6,10H2,1-3H3/t;29-;;12-/m.0.0/s1. The second-order valence-corrected chi connectivity index (χ2v) is 41.0. The van der Waals surface area contributed by atoms with Gasteiger partial charge in [-0.05, 0) is 249 Å². The number of aromatic nitrogens is 2. The lowest BCUT2D eigenvalue weighted by atomic mass is 9.76. The number of amides is 2. The molecule has 1 N–H and O–H groups in total. The summed E-state index contributed by atoms with van der Waals surface area (Å²) in [5, 5.41) is 11.2. The molecule has 0 aliphatic carbocycles. The van der Waals surface area contributed by atoms with Gasteiger partial charge in [0, 0.05) is 70.1 Å². The molecule has 0 unspecified atom stereocenters. The molecule has 672 valence electrons. The molecule has 20 heteroatoms. The summed E-state index contributed by atoms with van der Waals surface area (Å²) in [6, 6.07) is 97.3. The molecule has 129 heavy (non-hydrogen) atoms. The Hall–Kier alpha value is -11.3. The average Bonchev–Trinajstić information content (AvgIpc) is 1.29. The summed E-state index contributed by atoms with van der Waals surface area (Å²) in [5.41, 5.74) is 4.69. The van der Waals surface area contributed by atoms with Crippen LogP contribution in [0.1, 0.15) is 142 Å². The van der Waals surface area contributed by atoms with Gasteiger partial charge < -0.3 is 62.6 Å². The maximum Gasteiger partial charge on any atom is 0.410 e. The highest BCUT2D eigenvalue weighted by molar-refractivity contribution is 9.10. The number of carbonyl (C=O) groups is 2. The van der Waals surface area contributed by atoms with Crippen LogP contribution in [-0.4, -0.2) is 121 Å². The van der Waals surface area contributed by atoms with Gasteiger partial charge in [0.2, 0.25) is 0 Å². The van der Waals surface area contributed by atoms with Crippen molar-refractivity contribution in [3.63, 3.8) is 0 Å². The summed E-state index contributed by atoms with van der Waals surface area (Å²) in [5.74, 6) is 8.41. The third kappa shape index (κ3) is 27.4. The van der Waals surface area contributed by atoms with E-state index in [0.717, 1.165) is 153 Å². The van der Waals surface area contributed by atoms with Gasteiger partial charge in [-0.25, -0.2) is 9.59 Å². The normalized spacial score (nSPS) is 15.9. The summed E-state index contributed by atoms with van der Waals surface area (Å²) in [6.45, 7) is 25.3. The predicted molar refractivity (Wildman–Crippen MR) is 527 cm³/mol. The predicted octanol–water partition coefficient (Wildman–Crippen LogP) is 22.4. The van der Waals surface area contributed by atoms with E-state index in [4.69, 9.17) is 42.6 Å². The van der Waals surface area contributed by atoms with Gasteiger partial charge in [0.05, 0.1) is 49.6 Å². The molecule has 4 saturated heterocycles. The van der Waals surface area contributed by atoms with Gasteiger partial charge in [-0.15, -0.1) is 0 Å². The van der Waals surface area contributed by atoms with Gasteiger partial charge in [-0.3, -0.25) is 9.97 Å². The number of piperidine rings is 2. The molecule has 0 spiro atoms. The minimum absolute atomic E-state index is 0.0161. The second kappa shape index (κ2) is 46.3. The van der Waals surface area contributed by atoms with Gasteiger partial charge in [0.15, 0.2) is 0 Å². The van der Waals surface area contributed by atoms with Gasteiger partial charge in [-0.2, -0.15) is 0 Å². The van der Waals surface area contributed by atoms with Crippen molar-refractivity contribution in [1.29, 1.82) is 0 Å². The molecule has 5 aliphatic rings. The maximum absolute atomic E-state index is 12.6. The fourth-order valence-corrected chi connectivity index (χ4v) is 21.9. The Bertz CT molecular complexity index is 5230. The van der Waals surface area contributed by atoms with Crippen LogP contribution in [0.4, 0.5) is 15.3 Å². The van der Waals surface area contributed by atoms with Gasteiger partial charge in [0.1, 0.15) is 83.6 Å². The molecule has 12 aromatic rings. The van der Waals surface area contributed by atoms with Crippen molar-refractivity contribution in [1.82, 2.24) is 25.1 Å². The Morgan fingerprint density at radius 1 is 0.419 bits per heavy atom. The highest BCUT2D eigenvalue weighted by Gasteiger charge is 2.41. The molecule has 0 bridgehead atoms. The number of carbonyl (C=O) groups excluding carboxylic acids is 2. The van der Waals surface area contributed by atoms with E-state index in [-0.39, 0.29) is 29.7 Å². The minimum Gasteiger partial charge on any atom is -0.494 e. The molecule has 0 radical (unpaired) electrons. The number of hydrogen-bond donors (Lipinski definition) is 1. The summed E-state index contributed by atoms with van der Waals surface area (Å²) < 4.78 is 54.6. The lowest BCUT2D eigenvalue weighted by Crippen LogP contribution is -2.42. The Labute approximate surface area is 774 Å². The lowest BCUT2D eigenvalue weighted by Gasteiger charge is -2.38. The maximum atomic E-state index is 12.6. The molecule has 4 fully saturated rings. The number of nitrogens with one attached hydrogen (secondary N) is 1. The molecular weight excluding hydrogens is 1710 g/mol. The third-order valence-electron chi connectivity index (χ3n) is 23.5. The van der Waals surface area contributed by atoms with Crippen LogP contribution < -0.4 is 75.2 Å². The molecule has 17 nitrogen and oxygen atoms in total. The van der Waals surface area contributed by atoms with Gasteiger partial charge in [0.25, 0.3) is 0 Å². The molecule has 7 heterocycles. The third-order valence-corrected chi connectivity index (χ3v) is 28.9. The highest BCUT2D eigenvalue weighted by Crippen LogP contribution is 2.52. The topological polar surface area (TPSA) is 165 Å². The number of hydrogen-bond acceptors (Lipinski definition) is 15. The van der Waals surface area contributed by atoms with Crippen LogP contribution in [0.3, 0.4) is 0 Å². The summed E-state index contributed by atoms with van der Waals surface area (Å²) in [4.78, 5) is 39.2. The number of halogens is 1. The quantitative estimate of drug-likeness (QED) is 0.0483. The number of pyridine rings is 2. The molecule has 10 aromatic carbocycles. The molecule has 17 rings (SSSR count). The van der Waals surface area contributed by atoms with Crippen LogP contribution in [0.25, 0.3) is 0 Å². The fourth-order valence-electron chi connectivity index (χ4n) is 16.7. The van der Waals surface area contributed by atoms with E-state index in [1.165, 1.54) is 61.4 Å². The van der Waals surface area contributed by atoms with Crippen LogP contribution >= 0.6 is 31.8 Å². The zero-order valence-corrected chi connectivity index (χ0v) is 79.1. The van der Waals surface area contributed by atoms with Crippen LogP contribution in [0, 0.1) is 11.8 Å². The molecule has 2 amide bonds. The Morgan fingerprint density at radius 2 is 0.791 bits per heavy atom. The van der Waals surface area contributed by atoms with E-state index in [9.17, 15) is 9.59 Å². The van der Waals surface area contributed by atoms with Gasteiger partial charge >= 0.3 is 12.2 Å². The van der Waals surface area contributed by atoms with E-state index in [2.05, 4.69) is 238 Å². The van der Waals surface area contributed by atoms with Crippen LogP contribution in [0.2, 0.25) is 0 Å². The summed E-state index contributed by atoms with van der Waals surface area (Å²) in [6.07, 6.45) is 17.3. The van der Waals surface area contributed by atoms with Crippen molar-refractivity contribution in [3.05, 3.63) is 331 Å². The minimum atomic E-state index is -0.824. The van der Waals surface area contributed by atoms with E-state index in [1.54, 1.807) is 28.4 Å². The van der Waals surface area contributed by atoms with Crippen molar-refractivity contribution in [2.45, 2.75) is 162 Å². The number of benzene rings is 10. The smallest absolute Gasteiger partial charge is 0.410 e. The number of likely N-dealkylation sites (tertiary alicyclic amines) is 2. The summed E-state index contributed by atoms with van der Waals surface area (Å²) in [7, 11) is -1.65. The first kappa shape index (κ1) is 93.9. The number of anilines is 1. The van der Waals surface area contributed by atoms with Crippen molar-refractivity contribution >= 4 is 81.5 Å². The van der Waals surface area contributed by atoms with E-state index < -0.39 is 27.0 Å². The second-order valence-electron chi connectivity index (χ2n) is 35.7. The largest absolute Gasteiger partial charge is 0.494 e. The number of rotatable bonds is 27. The molecule has 2 aromatic heterocycles. The first-order chi connectivity index (χ1) is 62.7. The zero-order valence-electron chi connectivity index (χ0n) is 75.7. The monoisotopic (exact) mass is 1830 g/mol.